The van der Waals surface area contributed by atoms with E-state index in [1.807, 2.05) is 6.92 Å². The Balaban J connectivity index is 0.000000682. The van der Waals surface area contributed by atoms with Gasteiger partial charge in [0.25, 0.3) is 0 Å². The molecule has 38 heteroatoms. The summed E-state index contributed by atoms with van der Waals surface area (Å²) >= 11 is 0. The fraction of sp³-hybridized carbons (Fsp3) is 0.712. The summed E-state index contributed by atoms with van der Waals surface area (Å²) in [6.07, 6.45) is 7.74. The predicted octanol–water partition coefficient (Wildman–Crippen LogP) is 0.214. The van der Waals surface area contributed by atoms with Crippen molar-refractivity contribution in [2.75, 3.05) is 107 Å². The zero-order valence-electron chi connectivity index (χ0n) is 55.5. The monoisotopic (exact) mass is 1370 g/mol. The Morgan fingerprint density at radius 1 is 0.256 bits per heavy atom. The lowest BCUT2D eigenvalue weighted by atomic mass is 10.3. The molecule has 0 aliphatic rings. The van der Waals surface area contributed by atoms with Crippen LogP contribution >= 0.6 is 0 Å². The molecule has 0 saturated heterocycles. The molecule has 0 aliphatic carbocycles. The van der Waals surface area contributed by atoms with Gasteiger partial charge in [-0.25, -0.2) is 84.3 Å². The maximum absolute atomic E-state index is 13.1. The number of rotatable bonds is 44. The molecule has 3 rings (SSSR count). The lowest BCUT2D eigenvalue weighted by Gasteiger charge is -2.24. The van der Waals surface area contributed by atoms with E-state index in [4.69, 9.17) is 66.4 Å². The minimum atomic E-state index is -2.86. The van der Waals surface area contributed by atoms with Crippen LogP contribution in [-0.2, 0) is 125 Å². The van der Waals surface area contributed by atoms with Crippen LogP contribution in [0.1, 0.15) is 51.9 Å². The molecule has 3 aromatic heterocycles. The van der Waals surface area contributed by atoms with E-state index in [2.05, 4.69) is 19.7 Å². The molecule has 0 unspecified atom stereocenters. The van der Waals surface area contributed by atoms with Crippen molar-refractivity contribution in [3.05, 3.63) is 132 Å². The predicted molar refractivity (Wildman–Crippen MR) is 344 cm³/mol. The van der Waals surface area contributed by atoms with Gasteiger partial charge in [-0.2, -0.15) is 0 Å². The molecule has 0 amide bonds. The maximum atomic E-state index is 13.1. The van der Waals surface area contributed by atoms with Crippen molar-refractivity contribution >= 4 is 44.0 Å². The summed E-state index contributed by atoms with van der Waals surface area (Å²) in [5, 5.41) is 0. The van der Waals surface area contributed by atoms with Crippen LogP contribution < -0.4 is 51.2 Å². The third kappa shape index (κ3) is 21.8. The van der Waals surface area contributed by atoms with Crippen molar-refractivity contribution in [2.24, 2.45) is 0 Å². The van der Waals surface area contributed by atoms with Gasteiger partial charge in [-0.15, -0.1) is 19.7 Å². The van der Waals surface area contributed by atoms with Crippen LogP contribution in [-0.4, -0.2) is 192 Å². The van der Waals surface area contributed by atoms with Crippen LogP contribution in [0.5, 0.6) is 0 Å². The Morgan fingerprint density at radius 2 is 0.389 bits per heavy atom. The molecule has 0 fully saturated rings. The summed E-state index contributed by atoms with van der Waals surface area (Å²) < 4.78 is 90.0. The normalized spacial score (nSPS) is 12.1. The quantitative estimate of drug-likeness (QED) is 0.0540. The van der Waals surface area contributed by atoms with E-state index in [0.29, 0.717) is 68.7 Å². The smallest absolute Gasteiger partial charge is 0.377 e. The molecule has 3 heterocycles. The van der Waals surface area contributed by atoms with Gasteiger partial charge in [-0.05, 0) is 38.5 Å². The highest BCUT2D eigenvalue weighted by Crippen LogP contribution is 2.19. The third-order valence-electron chi connectivity index (χ3n) is 14.8. The van der Waals surface area contributed by atoms with E-state index in [1.165, 1.54) is 125 Å². The number of allylic oxidation sites excluding steroid dienone is 3. The first-order valence-corrected chi connectivity index (χ1v) is 38.5. The highest BCUT2D eigenvalue weighted by molar-refractivity contribution is 6.62. The van der Waals surface area contributed by atoms with E-state index < -0.39 is 95.2 Å². The van der Waals surface area contributed by atoms with Crippen molar-refractivity contribution in [3.63, 3.8) is 0 Å². The van der Waals surface area contributed by atoms with E-state index in [9.17, 15) is 43.2 Å². The molecule has 0 N–H and O–H groups in total. The van der Waals surface area contributed by atoms with Gasteiger partial charge in [0.2, 0.25) is 0 Å². The van der Waals surface area contributed by atoms with E-state index >= 15 is 0 Å². The molecule has 0 saturated carbocycles. The average molecular weight is 1370 g/mol. The number of unbranched alkanes of at least 4 members (excludes halogenated alkanes) is 1. The summed E-state index contributed by atoms with van der Waals surface area (Å²) in [5.74, 6) is 0. The number of hydrogen-bond donors (Lipinski definition) is 0. The Hall–Kier alpha value is -5.07. The molecule has 0 radical (unpaired) electrons. The second-order valence-corrected chi connectivity index (χ2v) is 35.0. The maximum Gasteiger partial charge on any atom is 0.500 e. The van der Waals surface area contributed by atoms with Gasteiger partial charge in [0, 0.05) is 176 Å². The Bertz CT molecular complexity index is 3030. The summed E-state index contributed by atoms with van der Waals surface area (Å²) in [6.45, 7) is 13.4. The Morgan fingerprint density at radius 3 is 0.522 bits per heavy atom. The fourth-order valence-corrected chi connectivity index (χ4v) is 17.9. The van der Waals surface area contributed by atoms with Crippen LogP contribution in [0.3, 0.4) is 0 Å². The van der Waals surface area contributed by atoms with Crippen molar-refractivity contribution in [1.82, 2.24) is 41.1 Å². The van der Waals surface area contributed by atoms with Gasteiger partial charge in [0.05, 0.1) is 19.6 Å². The summed E-state index contributed by atoms with van der Waals surface area (Å²) in [7, 11) is 8.25. The molecule has 3 aromatic rings. The molecule has 0 bridgehead atoms. The van der Waals surface area contributed by atoms with E-state index in [-0.39, 0.29) is 58.9 Å². The minimum Gasteiger partial charge on any atom is -0.377 e. The lowest BCUT2D eigenvalue weighted by Crippen LogP contribution is -2.55. The van der Waals surface area contributed by atoms with Crippen LogP contribution in [0.2, 0.25) is 30.2 Å². The first-order valence-electron chi connectivity index (χ1n) is 28.8. The largest absolute Gasteiger partial charge is 0.500 e. The van der Waals surface area contributed by atoms with Gasteiger partial charge in [-0.1, -0.05) is 31.6 Å². The van der Waals surface area contributed by atoms with Crippen molar-refractivity contribution in [1.29, 1.82) is 0 Å². The Labute approximate surface area is 529 Å². The Kier molecular flexibility index (Phi) is 38.3. The van der Waals surface area contributed by atoms with Gasteiger partial charge < -0.3 is 66.4 Å². The topological polar surface area (TPSA) is 336 Å². The third-order valence-corrected chi connectivity index (χ3v) is 29.0. The SMILES string of the molecule is C=CCn1c(=O)n(CC=C)c(=O)n(CCC[Si](OC)(OC)OC)c1=O.C=CCn1c(=O)n(CCC[Si](OC)(OC)OC)c(=O)n(CCC[Si](OC)(OC)OC)c1=O.CCCCn1c(=O)n(CCC[Si](OC)(OC)OC)c(=O)n(CCC[Si](OC)(OC)OC)c1=O. The second kappa shape index (κ2) is 41.5. The first-order chi connectivity index (χ1) is 42.9. The molecular weight excluding hydrogens is 1280 g/mol. The van der Waals surface area contributed by atoms with E-state index in [0.717, 1.165) is 47.5 Å². The zero-order chi connectivity index (χ0) is 68.5. The minimum absolute atomic E-state index is 0.0159. The van der Waals surface area contributed by atoms with Crippen LogP contribution in [0.4, 0.5) is 0 Å². The lowest BCUT2D eigenvalue weighted by molar-refractivity contribution is 0.121. The number of nitrogens with zero attached hydrogens (tertiary/aromatic N) is 9. The zero-order valence-corrected chi connectivity index (χ0v) is 60.5. The average Bonchev–Trinajstić information content (AvgIpc) is 1.78. The molecular formula is C52H99N9O24Si5. The summed E-state index contributed by atoms with van der Waals surface area (Å²) in [5.41, 5.74) is -5.94. The highest BCUT2D eigenvalue weighted by Gasteiger charge is 2.41. The van der Waals surface area contributed by atoms with Crippen LogP contribution in [0.15, 0.2) is 81.1 Å². The van der Waals surface area contributed by atoms with Crippen LogP contribution in [0, 0.1) is 0 Å². The highest BCUT2D eigenvalue weighted by atomic mass is 28.4. The molecule has 516 valence electrons. The van der Waals surface area contributed by atoms with Gasteiger partial charge in [-0.3, -0.25) is 0 Å². The number of aromatic nitrogens is 9. The van der Waals surface area contributed by atoms with Gasteiger partial charge >= 0.3 is 95.2 Å². The van der Waals surface area contributed by atoms with E-state index in [1.54, 1.807) is 0 Å². The molecule has 0 aromatic carbocycles. The molecule has 0 aliphatic heterocycles. The fourth-order valence-electron chi connectivity index (χ4n) is 9.42. The van der Waals surface area contributed by atoms with Gasteiger partial charge in [0.1, 0.15) is 0 Å². The summed E-state index contributed by atoms with van der Waals surface area (Å²) in [4.78, 5) is 115. The number of hydrogen-bond acceptors (Lipinski definition) is 24. The van der Waals surface area contributed by atoms with Crippen LogP contribution in [0.25, 0.3) is 0 Å². The van der Waals surface area contributed by atoms with Gasteiger partial charge in [0.15, 0.2) is 0 Å². The molecule has 90 heavy (non-hydrogen) atoms. The standard InChI is InChI=1S/C19H39N3O9Si2.C18H35N3O9Si2.C15H25N3O6Si/c1-8-9-12-20-17(23)21(13-10-15-32(26-2,27-3)28-4)19(25)22(18(20)24)14-11-16-33(29-5,30-6)31-7;1-8-11-19-16(22)20(12-9-14-31(25-2,26-3)27-4)18(24)21(17(19)23)13-10-15-32(28-5,29-6)30-7;1-6-9-16-13(19)17(10-7-2)15(21)18(14(16)20)11-8-12-25(22-3,23-4)24-5/h8-16H2,1-7H3;8H,1,9-15H2,2-7H3;6-7H,1-2,8-12H2,3-5H3. The van der Waals surface area contributed by atoms with Crippen molar-refractivity contribution in [2.45, 2.75) is 141 Å². The molecule has 0 spiro atoms. The molecule has 0 atom stereocenters. The van der Waals surface area contributed by atoms with Crippen molar-refractivity contribution < 1.29 is 66.4 Å². The first kappa shape index (κ1) is 82.9. The summed E-state index contributed by atoms with van der Waals surface area (Å²) in [6, 6.07) is 2.05. The molecule has 33 nitrogen and oxygen atoms in total. The second-order valence-electron chi connectivity index (χ2n) is 19.5. The van der Waals surface area contributed by atoms with Crippen molar-refractivity contribution in [3.8, 4) is 0 Å².